The zero-order valence-corrected chi connectivity index (χ0v) is 7.04. The molecule has 0 aliphatic carbocycles. The zero-order chi connectivity index (χ0) is 8.18. The highest BCUT2D eigenvalue weighted by atomic mass is 15.4. The summed E-state index contributed by atoms with van der Waals surface area (Å²) in [4.78, 5) is 6.67. The molecule has 3 heterocycles. The molecule has 62 valence electrons. The minimum absolute atomic E-state index is 0.371. The average Bonchev–Trinajstić information content (AvgIpc) is 2.78. The second-order valence-electron chi connectivity index (χ2n) is 3.81. The Bertz CT molecular complexity index is 336. The topological polar surface area (TPSA) is 27.9 Å². The van der Waals surface area contributed by atoms with Crippen molar-refractivity contribution in [1.82, 2.24) is 4.98 Å². The molecule has 0 amide bonds. The molecule has 0 bridgehead atoms. The first-order valence-electron chi connectivity index (χ1n) is 4.26. The fourth-order valence-corrected chi connectivity index (χ4v) is 1.86. The van der Waals surface area contributed by atoms with Gasteiger partial charge in [0, 0.05) is 19.3 Å². The van der Waals surface area contributed by atoms with Crippen LogP contribution in [0.25, 0.3) is 0 Å². The predicted octanol–water partition coefficient (Wildman–Crippen LogP) is 1.09. The van der Waals surface area contributed by atoms with E-state index in [1.807, 2.05) is 12.3 Å². The lowest BCUT2D eigenvalue weighted by atomic mass is 10.1. The number of pyridine rings is 1. The van der Waals surface area contributed by atoms with Gasteiger partial charge in [-0.3, -0.25) is 0 Å². The maximum Gasteiger partial charge on any atom is 0.149 e. The Morgan fingerprint density at radius 3 is 3.50 bits per heavy atom. The number of rotatable bonds is 0. The highest BCUT2D eigenvalue weighted by Crippen LogP contribution is 2.44. The lowest BCUT2D eigenvalue weighted by molar-refractivity contribution is 0.744. The molecule has 12 heavy (non-hydrogen) atoms. The number of aromatic nitrogens is 1. The fraction of sp³-hybridized carbons (Fsp3) is 0.444. The predicted molar refractivity (Wildman–Crippen MR) is 48.5 cm³/mol. The lowest BCUT2D eigenvalue weighted by Crippen LogP contribution is -2.29. The normalized spacial score (nSPS) is 30.2. The van der Waals surface area contributed by atoms with Gasteiger partial charge >= 0.3 is 0 Å². The van der Waals surface area contributed by atoms with E-state index in [1.54, 1.807) is 0 Å². The van der Waals surface area contributed by atoms with Gasteiger partial charge in [0.05, 0.1) is 11.2 Å². The van der Waals surface area contributed by atoms with Crippen molar-refractivity contribution in [2.45, 2.75) is 12.5 Å². The first-order chi connectivity index (χ1) is 5.80. The molecule has 0 spiro atoms. The third-order valence-corrected chi connectivity index (χ3v) is 2.76. The Balaban J connectivity index is 2.12. The molecule has 1 fully saturated rings. The van der Waals surface area contributed by atoms with Crippen molar-refractivity contribution in [1.29, 1.82) is 0 Å². The van der Waals surface area contributed by atoms with E-state index in [4.69, 9.17) is 0 Å². The van der Waals surface area contributed by atoms with Crippen molar-refractivity contribution in [3.8, 4) is 0 Å². The highest BCUT2D eigenvalue weighted by Gasteiger charge is 2.51. The molecule has 3 nitrogen and oxygen atoms in total. The molecule has 0 saturated carbocycles. The van der Waals surface area contributed by atoms with Gasteiger partial charge in [-0.25, -0.2) is 4.98 Å². The van der Waals surface area contributed by atoms with Crippen LogP contribution in [-0.4, -0.2) is 23.6 Å². The summed E-state index contributed by atoms with van der Waals surface area (Å²) in [5.41, 5.74) is 1.63. The van der Waals surface area contributed by atoms with Crippen LogP contribution >= 0.6 is 0 Å². The van der Waals surface area contributed by atoms with Crippen molar-refractivity contribution in [2.75, 3.05) is 23.3 Å². The second kappa shape index (κ2) is 1.73. The molecule has 0 radical (unpaired) electrons. The summed E-state index contributed by atoms with van der Waals surface area (Å²) in [5, 5.41) is 3.34. The number of nitrogens with one attached hydrogen (secondary N) is 1. The minimum atomic E-state index is 0.371. The van der Waals surface area contributed by atoms with Crippen LogP contribution in [0.3, 0.4) is 0 Å². The van der Waals surface area contributed by atoms with E-state index in [9.17, 15) is 0 Å². The Morgan fingerprint density at radius 2 is 2.58 bits per heavy atom. The van der Waals surface area contributed by atoms with Crippen LogP contribution in [0.1, 0.15) is 6.92 Å². The van der Waals surface area contributed by atoms with E-state index in [1.165, 1.54) is 12.2 Å². The van der Waals surface area contributed by atoms with Gasteiger partial charge < -0.3 is 10.2 Å². The van der Waals surface area contributed by atoms with E-state index in [2.05, 4.69) is 28.2 Å². The standard InChI is InChI=1S/C9H11N3/c1-9-5-11-8-7(12(9)6-9)3-2-4-10-8/h2-4H,5-6H2,1H3,(H,10,11). The van der Waals surface area contributed by atoms with E-state index < -0.39 is 0 Å². The van der Waals surface area contributed by atoms with Crippen LogP contribution in [0.4, 0.5) is 11.5 Å². The molecule has 1 atom stereocenters. The van der Waals surface area contributed by atoms with Crippen LogP contribution in [-0.2, 0) is 0 Å². The molecule has 1 unspecified atom stereocenters. The SMILES string of the molecule is CC12CNc3ncccc3N1C2. The Hall–Kier alpha value is -1.25. The van der Waals surface area contributed by atoms with Gasteiger partial charge in [-0.15, -0.1) is 0 Å². The summed E-state index contributed by atoms with van der Waals surface area (Å²) >= 11 is 0. The fourth-order valence-electron chi connectivity index (χ4n) is 1.86. The van der Waals surface area contributed by atoms with Crippen LogP contribution in [0.2, 0.25) is 0 Å². The van der Waals surface area contributed by atoms with E-state index in [0.29, 0.717) is 5.54 Å². The molecule has 3 rings (SSSR count). The summed E-state index contributed by atoms with van der Waals surface area (Å²) in [6.07, 6.45) is 1.83. The van der Waals surface area contributed by atoms with E-state index in [-0.39, 0.29) is 0 Å². The van der Waals surface area contributed by atoms with Crippen LogP contribution in [0.5, 0.6) is 0 Å². The second-order valence-corrected chi connectivity index (χ2v) is 3.81. The summed E-state index contributed by atoms with van der Waals surface area (Å²) in [6, 6.07) is 4.12. The van der Waals surface area contributed by atoms with Gasteiger partial charge in [-0.05, 0) is 19.1 Å². The third-order valence-electron chi connectivity index (χ3n) is 2.76. The van der Waals surface area contributed by atoms with Crippen molar-refractivity contribution in [3.63, 3.8) is 0 Å². The van der Waals surface area contributed by atoms with Crippen LogP contribution < -0.4 is 10.2 Å². The van der Waals surface area contributed by atoms with Gasteiger partial charge in [0.2, 0.25) is 0 Å². The van der Waals surface area contributed by atoms with Crippen molar-refractivity contribution in [2.24, 2.45) is 0 Å². The Labute approximate surface area is 71.4 Å². The molecule has 0 aromatic carbocycles. The summed E-state index contributed by atoms with van der Waals surface area (Å²) in [5.74, 6) is 1.03. The van der Waals surface area contributed by atoms with E-state index in [0.717, 1.165) is 12.4 Å². The number of hydrogen-bond acceptors (Lipinski definition) is 3. The molecule has 2 aliphatic heterocycles. The average molecular weight is 161 g/mol. The van der Waals surface area contributed by atoms with Crippen LogP contribution in [0.15, 0.2) is 18.3 Å². The van der Waals surface area contributed by atoms with E-state index >= 15 is 0 Å². The van der Waals surface area contributed by atoms with Gasteiger partial charge in [0.1, 0.15) is 5.82 Å². The third kappa shape index (κ3) is 0.636. The maximum atomic E-state index is 4.27. The molecule has 1 N–H and O–H groups in total. The maximum absolute atomic E-state index is 4.27. The zero-order valence-electron chi connectivity index (χ0n) is 7.04. The highest BCUT2D eigenvalue weighted by molar-refractivity contribution is 5.74. The van der Waals surface area contributed by atoms with Crippen LogP contribution in [0, 0.1) is 0 Å². The lowest BCUT2D eigenvalue weighted by Gasteiger charge is -2.23. The first-order valence-corrected chi connectivity index (χ1v) is 4.26. The van der Waals surface area contributed by atoms with Crippen molar-refractivity contribution in [3.05, 3.63) is 18.3 Å². The monoisotopic (exact) mass is 161 g/mol. The minimum Gasteiger partial charge on any atom is -0.366 e. The molecule has 1 aromatic heterocycles. The number of fused-ring (bicyclic) bond motifs is 3. The molecule has 2 aliphatic rings. The molecular weight excluding hydrogens is 150 g/mol. The molecular formula is C9H11N3. The molecule has 3 heteroatoms. The largest absolute Gasteiger partial charge is 0.366 e. The summed E-state index contributed by atoms with van der Waals surface area (Å²) in [6.45, 7) is 4.46. The first kappa shape index (κ1) is 6.29. The van der Waals surface area contributed by atoms with Gasteiger partial charge in [0.25, 0.3) is 0 Å². The molecule has 1 saturated heterocycles. The quantitative estimate of drug-likeness (QED) is 0.577. The van der Waals surface area contributed by atoms with Crippen molar-refractivity contribution >= 4 is 11.5 Å². The van der Waals surface area contributed by atoms with Gasteiger partial charge in [-0.2, -0.15) is 0 Å². The Kier molecular flexibility index (Phi) is 0.908. The Morgan fingerprint density at radius 1 is 1.67 bits per heavy atom. The number of nitrogens with zero attached hydrogens (tertiary/aromatic N) is 2. The van der Waals surface area contributed by atoms with Crippen molar-refractivity contribution < 1.29 is 0 Å². The number of anilines is 2. The van der Waals surface area contributed by atoms with Gasteiger partial charge in [0.15, 0.2) is 0 Å². The van der Waals surface area contributed by atoms with Gasteiger partial charge in [-0.1, -0.05) is 0 Å². The molecule has 1 aromatic rings. The number of hydrogen-bond donors (Lipinski definition) is 1. The summed E-state index contributed by atoms with van der Waals surface area (Å²) < 4.78 is 0. The summed E-state index contributed by atoms with van der Waals surface area (Å²) in [7, 11) is 0. The smallest absolute Gasteiger partial charge is 0.149 e.